The highest BCUT2D eigenvalue weighted by Crippen LogP contribution is 2.31. The quantitative estimate of drug-likeness (QED) is 0.588. The molecule has 5 rings (SSSR count). The van der Waals surface area contributed by atoms with Gasteiger partial charge in [0, 0.05) is 11.1 Å². The number of hydrogen-bond donors (Lipinski definition) is 2. The highest BCUT2D eigenvalue weighted by molar-refractivity contribution is 5.97. The molecule has 0 radical (unpaired) electrons. The fourth-order valence-corrected chi connectivity index (χ4v) is 3.72. The predicted octanol–water partition coefficient (Wildman–Crippen LogP) is 2.83. The third-order valence-corrected chi connectivity index (χ3v) is 5.52. The molecule has 0 unspecified atom stereocenters. The Morgan fingerprint density at radius 1 is 0.618 bits per heavy atom. The van der Waals surface area contributed by atoms with Crippen LogP contribution in [-0.4, -0.2) is 50.3 Å². The number of ether oxygens (including phenoxy) is 4. The monoisotopic (exact) mass is 460 g/mol. The maximum atomic E-state index is 12.5. The van der Waals surface area contributed by atoms with Gasteiger partial charge >= 0.3 is 0 Å². The summed E-state index contributed by atoms with van der Waals surface area (Å²) in [5.74, 6) is 2.23. The summed E-state index contributed by atoms with van der Waals surface area (Å²) in [6.07, 6.45) is -0.552. The molecule has 0 spiro atoms. The Morgan fingerprint density at radius 3 is 1.41 bits per heavy atom. The Bertz CT molecular complexity index is 1090. The maximum Gasteiger partial charge on any atom is 0.251 e. The summed E-state index contributed by atoms with van der Waals surface area (Å²) in [5.41, 5.74) is 0.906. The van der Waals surface area contributed by atoms with Gasteiger partial charge in [-0.2, -0.15) is 0 Å². The van der Waals surface area contributed by atoms with Crippen molar-refractivity contribution in [2.45, 2.75) is 12.2 Å². The molecule has 8 heteroatoms. The van der Waals surface area contributed by atoms with Crippen LogP contribution < -0.4 is 29.6 Å². The summed E-state index contributed by atoms with van der Waals surface area (Å²) < 4.78 is 23.0. The molecule has 8 nitrogen and oxygen atoms in total. The van der Waals surface area contributed by atoms with E-state index in [0.717, 1.165) is 0 Å². The fraction of sp³-hybridized carbons (Fsp3) is 0.231. The van der Waals surface area contributed by atoms with Crippen LogP contribution in [0.15, 0.2) is 72.8 Å². The molecule has 2 aliphatic rings. The number of fused-ring (bicyclic) bond motifs is 2. The molecule has 2 atom stereocenters. The average molecular weight is 460 g/mol. The second-order valence-electron chi connectivity index (χ2n) is 7.99. The summed E-state index contributed by atoms with van der Waals surface area (Å²) in [6.45, 7) is 1.33. The van der Waals surface area contributed by atoms with E-state index in [4.69, 9.17) is 18.9 Å². The van der Waals surface area contributed by atoms with Gasteiger partial charge in [-0.25, -0.2) is 0 Å². The lowest BCUT2D eigenvalue weighted by Gasteiger charge is -2.26. The first-order valence-corrected chi connectivity index (χ1v) is 11.1. The Kier molecular flexibility index (Phi) is 6.20. The molecule has 2 heterocycles. The lowest BCUT2D eigenvalue weighted by atomic mass is 10.1. The molecule has 2 aliphatic heterocycles. The van der Waals surface area contributed by atoms with Gasteiger partial charge in [-0.15, -0.1) is 0 Å². The van der Waals surface area contributed by atoms with Gasteiger partial charge in [0.05, 0.1) is 13.1 Å². The van der Waals surface area contributed by atoms with Crippen LogP contribution in [0.3, 0.4) is 0 Å². The van der Waals surface area contributed by atoms with E-state index in [0.29, 0.717) is 60.4 Å². The number of nitrogens with one attached hydrogen (secondary N) is 2. The number of hydrogen-bond acceptors (Lipinski definition) is 6. The zero-order chi connectivity index (χ0) is 23.3. The van der Waals surface area contributed by atoms with Gasteiger partial charge in [0.25, 0.3) is 11.8 Å². The Morgan fingerprint density at radius 2 is 1.00 bits per heavy atom. The summed E-state index contributed by atoms with van der Waals surface area (Å²) >= 11 is 0. The standard InChI is InChI=1S/C26H24N2O6/c29-25(27-13-19-15-31-21-5-1-3-7-23(21)33-19)17-9-11-18(12-10-17)26(30)28-14-20-16-32-22-6-2-4-8-24(22)34-20/h1-12,19-20H,13-16H2,(H,27,29)(H,28,30)/t19-,20-/m0/s1. The lowest BCUT2D eigenvalue weighted by molar-refractivity contribution is 0.0784. The second kappa shape index (κ2) is 9.74. The summed E-state index contributed by atoms with van der Waals surface area (Å²) in [6, 6.07) is 21.3. The minimum Gasteiger partial charge on any atom is -0.486 e. The molecule has 174 valence electrons. The van der Waals surface area contributed by atoms with Crippen LogP contribution in [0.4, 0.5) is 0 Å². The average Bonchev–Trinajstić information content (AvgIpc) is 2.90. The molecule has 3 aromatic carbocycles. The molecule has 2 amide bonds. The highest BCUT2D eigenvalue weighted by Gasteiger charge is 2.22. The normalized spacial score (nSPS) is 18.0. The van der Waals surface area contributed by atoms with E-state index in [1.165, 1.54) is 0 Å². The maximum absolute atomic E-state index is 12.5. The summed E-state index contributed by atoms with van der Waals surface area (Å²) in [5, 5.41) is 5.70. The Balaban J connectivity index is 1.09. The van der Waals surface area contributed by atoms with Gasteiger partial charge in [0.1, 0.15) is 25.4 Å². The predicted molar refractivity (Wildman–Crippen MR) is 124 cm³/mol. The van der Waals surface area contributed by atoms with Gasteiger partial charge in [-0.3, -0.25) is 9.59 Å². The van der Waals surface area contributed by atoms with Crippen molar-refractivity contribution in [3.63, 3.8) is 0 Å². The molecular weight excluding hydrogens is 436 g/mol. The van der Waals surface area contributed by atoms with Crippen molar-refractivity contribution in [3.05, 3.63) is 83.9 Å². The van der Waals surface area contributed by atoms with Crippen LogP contribution in [0.25, 0.3) is 0 Å². The topological polar surface area (TPSA) is 95.1 Å². The third-order valence-electron chi connectivity index (χ3n) is 5.52. The zero-order valence-electron chi connectivity index (χ0n) is 18.4. The van der Waals surface area contributed by atoms with Gasteiger partial charge in [0.2, 0.25) is 0 Å². The summed E-state index contributed by atoms with van der Waals surface area (Å²) in [7, 11) is 0. The van der Waals surface area contributed by atoms with Gasteiger partial charge < -0.3 is 29.6 Å². The number of carbonyl (C=O) groups excluding carboxylic acids is 2. The molecular formula is C26H24N2O6. The summed E-state index contributed by atoms with van der Waals surface area (Å²) in [4.78, 5) is 25.0. The van der Waals surface area contributed by atoms with Gasteiger partial charge in [-0.1, -0.05) is 24.3 Å². The molecule has 3 aromatic rings. The van der Waals surface area contributed by atoms with Crippen molar-refractivity contribution >= 4 is 11.8 Å². The number of carbonyl (C=O) groups is 2. The van der Waals surface area contributed by atoms with Crippen molar-refractivity contribution in [2.24, 2.45) is 0 Å². The Hall–Kier alpha value is -4.20. The number of rotatable bonds is 6. The second-order valence-corrected chi connectivity index (χ2v) is 7.99. The van der Waals surface area contributed by atoms with Crippen LogP contribution >= 0.6 is 0 Å². The van der Waals surface area contributed by atoms with E-state index in [2.05, 4.69) is 10.6 Å². The minimum atomic E-state index is -0.276. The molecule has 0 fully saturated rings. The molecule has 34 heavy (non-hydrogen) atoms. The van der Waals surface area contributed by atoms with E-state index in [9.17, 15) is 9.59 Å². The van der Waals surface area contributed by atoms with Crippen LogP contribution in [0.5, 0.6) is 23.0 Å². The van der Waals surface area contributed by atoms with Crippen molar-refractivity contribution < 1.29 is 28.5 Å². The largest absolute Gasteiger partial charge is 0.486 e. The molecule has 0 saturated carbocycles. The van der Waals surface area contributed by atoms with Crippen LogP contribution in [0.2, 0.25) is 0 Å². The SMILES string of the molecule is O=C(NC[C@H]1COc2ccccc2O1)c1ccc(C(=O)NC[C@H]2COc3ccccc3O2)cc1. The first-order chi connectivity index (χ1) is 16.7. The first kappa shape index (κ1) is 21.6. The number of amides is 2. The fourth-order valence-electron chi connectivity index (χ4n) is 3.72. The minimum absolute atomic E-state index is 0.249. The van der Waals surface area contributed by atoms with Crippen molar-refractivity contribution in [3.8, 4) is 23.0 Å². The third kappa shape index (κ3) is 4.91. The smallest absolute Gasteiger partial charge is 0.251 e. The van der Waals surface area contributed by atoms with E-state index < -0.39 is 0 Å². The number of benzene rings is 3. The van der Waals surface area contributed by atoms with Gasteiger partial charge in [0.15, 0.2) is 23.0 Å². The van der Waals surface area contributed by atoms with Crippen molar-refractivity contribution in [1.29, 1.82) is 0 Å². The molecule has 2 N–H and O–H groups in total. The molecule has 0 saturated heterocycles. The van der Waals surface area contributed by atoms with Crippen LogP contribution in [-0.2, 0) is 0 Å². The first-order valence-electron chi connectivity index (χ1n) is 11.1. The molecule has 0 bridgehead atoms. The van der Waals surface area contributed by atoms with E-state index in [1.807, 2.05) is 48.5 Å². The van der Waals surface area contributed by atoms with Crippen LogP contribution in [0, 0.1) is 0 Å². The molecule has 0 aromatic heterocycles. The molecule has 0 aliphatic carbocycles. The Labute approximate surface area is 196 Å². The van der Waals surface area contributed by atoms with E-state index in [-0.39, 0.29) is 24.0 Å². The van der Waals surface area contributed by atoms with Crippen LogP contribution in [0.1, 0.15) is 20.7 Å². The van der Waals surface area contributed by atoms with E-state index in [1.54, 1.807) is 24.3 Å². The lowest BCUT2D eigenvalue weighted by Crippen LogP contribution is -2.41. The zero-order valence-corrected chi connectivity index (χ0v) is 18.4. The van der Waals surface area contributed by atoms with Crippen molar-refractivity contribution in [1.82, 2.24) is 10.6 Å². The highest BCUT2D eigenvalue weighted by atomic mass is 16.6. The van der Waals surface area contributed by atoms with Crippen molar-refractivity contribution in [2.75, 3.05) is 26.3 Å². The van der Waals surface area contributed by atoms with Gasteiger partial charge in [-0.05, 0) is 48.5 Å². The van der Waals surface area contributed by atoms with E-state index >= 15 is 0 Å². The number of para-hydroxylation sites is 4.